The van der Waals surface area contributed by atoms with Crippen molar-refractivity contribution in [3.8, 4) is 16.8 Å². The fourth-order valence-corrected chi connectivity index (χ4v) is 6.54. The average molecular weight is 578 g/mol. The molecule has 3 heterocycles. The van der Waals surface area contributed by atoms with Crippen LogP contribution in [0.3, 0.4) is 0 Å². The summed E-state index contributed by atoms with van der Waals surface area (Å²) in [7, 11) is 0. The highest BCUT2D eigenvalue weighted by Crippen LogP contribution is 2.38. The van der Waals surface area contributed by atoms with E-state index in [1.165, 1.54) is 27.4 Å². The van der Waals surface area contributed by atoms with Crippen LogP contribution in [0.25, 0.3) is 60.6 Å². The summed E-state index contributed by atoms with van der Waals surface area (Å²) in [5.41, 5.74) is 9.63. The molecule has 0 aliphatic rings. The Balaban J connectivity index is 1.09. The molecule has 3 aromatic heterocycles. The molecule has 0 aliphatic heterocycles. The summed E-state index contributed by atoms with van der Waals surface area (Å²) in [5, 5.41) is 4.68. The van der Waals surface area contributed by atoms with Crippen LogP contribution in [0.5, 0.6) is 0 Å². The van der Waals surface area contributed by atoms with Crippen molar-refractivity contribution in [2.24, 2.45) is 0 Å². The highest BCUT2D eigenvalue weighted by molar-refractivity contribution is 6.09. The first-order valence-corrected chi connectivity index (χ1v) is 15.1. The van der Waals surface area contributed by atoms with E-state index in [2.05, 4.69) is 143 Å². The van der Waals surface area contributed by atoms with Gasteiger partial charge in [0, 0.05) is 38.6 Å². The second kappa shape index (κ2) is 10.2. The summed E-state index contributed by atoms with van der Waals surface area (Å²) in [5.74, 6) is 0.837. The number of anilines is 3. The molecule has 0 unspecified atom stereocenters. The van der Waals surface area contributed by atoms with Gasteiger partial charge in [-0.2, -0.15) is 0 Å². The second-order valence-electron chi connectivity index (χ2n) is 11.3. The number of nitrogens with zero attached hydrogens (tertiary/aromatic N) is 3. The normalized spacial score (nSPS) is 11.6. The van der Waals surface area contributed by atoms with Crippen molar-refractivity contribution in [3.63, 3.8) is 0 Å². The Kier molecular flexibility index (Phi) is 5.78. The van der Waals surface area contributed by atoms with Gasteiger partial charge in [0.05, 0.1) is 17.2 Å². The summed E-state index contributed by atoms with van der Waals surface area (Å²) in [6.07, 6.45) is 1.83. The molecule has 0 aliphatic carbocycles. The molecular weight excluding hydrogens is 550 g/mol. The summed E-state index contributed by atoms with van der Waals surface area (Å²) in [6, 6.07) is 55.4. The maximum atomic E-state index is 6.05. The van der Waals surface area contributed by atoms with Crippen molar-refractivity contribution in [3.05, 3.63) is 164 Å². The fourth-order valence-electron chi connectivity index (χ4n) is 6.54. The quantitative estimate of drug-likeness (QED) is 0.204. The molecule has 0 spiro atoms. The van der Waals surface area contributed by atoms with Crippen molar-refractivity contribution >= 4 is 60.9 Å². The largest absolute Gasteiger partial charge is 0.454 e. The highest BCUT2D eigenvalue weighted by atomic mass is 16.3. The van der Waals surface area contributed by atoms with Gasteiger partial charge in [0.25, 0.3) is 0 Å². The molecule has 0 saturated carbocycles. The fraction of sp³-hybridized carbons (Fsp3) is 0. The van der Waals surface area contributed by atoms with E-state index in [4.69, 9.17) is 9.40 Å². The molecule has 9 aromatic rings. The molecule has 212 valence electrons. The van der Waals surface area contributed by atoms with Gasteiger partial charge in [-0.05, 0) is 71.8 Å². The second-order valence-corrected chi connectivity index (χ2v) is 11.3. The molecule has 0 amide bonds. The van der Waals surface area contributed by atoms with E-state index in [-0.39, 0.29) is 0 Å². The number of hydrogen-bond donors (Lipinski definition) is 0. The SMILES string of the molecule is c1ccc(N(c2ccc(-c3ccc(-n4c5ccccc5c5ccccc54)cc3)cc2)c2cc3c(cn2)oc2ccccc23)cc1. The minimum absolute atomic E-state index is 0.785. The van der Waals surface area contributed by atoms with Crippen molar-refractivity contribution in [1.29, 1.82) is 0 Å². The molecule has 0 atom stereocenters. The van der Waals surface area contributed by atoms with Crippen molar-refractivity contribution in [2.75, 3.05) is 4.90 Å². The van der Waals surface area contributed by atoms with E-state index in [0.29, 0.717) is 0 Å². The van der Waals surface area contributed by atoms with E-state index in [0.717, 1.165) is 50.4 Å². The molecule has 45 heavy (non-hydrogen) atoms. The zero-order valence-corrected chi connectivity index (χ0v) is 24.3. The van der Waals surface area contributed by atoms with Crippen LogP contribution < -0.4 is 4.90 Å². The Hall–Kier alpha value is -6.13. The minimum Gasteiger partial charge on any atom is -0.454 e. The first-order chi connectivity index (χ1) is 22.3. The molecule has 0 N–H and O–H groups in total. The third-order valence-electron chi connectivity index (χ3n) is 8.66. The summed E-state index contributed by atoms with van der Waals surface area (Å²) < 4.78 is 8.40. The Morgan fingerprint density at radius 2 is 1.02 bits per heavy atom. The van der Waals surface area contributed by atoms with Crippen molar-refractivity contribution in [1.82, 2.24) is 9.55 Å². The van der Waals surface area contributed by atoms with Crippen LogP contribution in [0.2, 0.25) is 0 Å². The number of benzene rings is 6. The van der Waals surface area contributed by atoms with Crippen LogP contribution in [0.1, 0.15) is 0 Å². The number of hydrogen-bond acceptors (Lipinski definition) is 3. The monoisotopic (exact) mass is 577 g/mol. The Morgan fingerprint density at radius 1 is 0.467 bits per heavy atom. The predicted molar refractivity (Wildman–Crippen MR) is 186 cm³/mol. The lowest BCUT2D eigenvalue weighted by Crippen LogP contribution is -2.11. The van der Waals surface area contributed by atoms with Gasteiger partial charge in [-0.25, -0.2) is 4.98 Å². The molecule has 4 heteroatoms. The Labute approximate surface area is 260 Å². The van der Waals surface area contributed by atoms with Gasteiger partial charge in [0.2, 0.25) is 0 Å². The third-order valence-corrected chi connectivity index (χ3v) is 8.66. The van der Waals surface area contributed by atoms with Crippen LogP contribution in [0.15, 0.2) is 168 Å². The van der Waals surface area contributed by atoms with Gasteiger partial charge < -0.3 is 8.98 Å². The lowest BCUT2D eigenvalue weighted by atomic mass is 10.0. The van der Waals surface area contributed by atoms with Gasteiger partial charge in [-0.15, -0.1) is 0 Å². The zero-order chi connectivity index (χ0) is 29.7. The molecule has 0 radical (unpaired) electrons. The van der Waals surface area contributed by atoms with Gasteiger partial charge in [-0.3, -0.25) is 4.90 Å². The predicted octanol–water partition coefficient (Wildman–Crippen LogP) is 11.2. The number of pyridine rings is 1. The lowest BCUT2D eigenvalue weighted by Gasteiger charge is -2.24. The molecule has 4 nitrogen and oxygen atoms in total. The average Bonchev–Trinajstić information content (AvgIpc) is 3.65. The zero-order valence-electron chi connectivity index (χ0n) is 24.3. The van der Waals surface area contributed by atoms with Crippen molar-refractivity contribution in [2.45, 2.75) is 0 Å². The lowest BCUT2D eigenvalue weighted by molar-refractivity contribution is 0.667. The highest BCUT2D eigenvalue weighted by Gasteiger charge is 2.17. The Morgan fingerprint density at radius 3 is 1.71 bits per heavy atom. The van der Waals surface area contributed by atoms with Crippen LogP contribution in [0, 0.1) is 0 Å². The Bertz CT molecular complexity index is 2420. The number of furan rings is 1. The maximum Gasteiger partial charge on any atom is 0.153 e. The number of aromatic nitrogens is 2. The van der Waals surface area contributed by atoms with Crippen LogP contribution in [-0.4, -0.2) is 9.55 Å². The number of rotatable bonds is 5. The van der Waals surface area contributed by atoms with Gasteiger partial charge >= 0.3 is 0 Å². The van der Waals surface area contributed by atoms with Gasteiger partial charge in [-0.1, -0.05) is 97.1 Å². The number of fused-ring (bicyclic) bond motifs is 6. The summed E-state index contributed by atoms with van der Waals surface area (Å²) in [6.45, 7) is 0. The van der Waals surface area contributed by atoms with Crippen molar-refractivity contribution < 1.29 is 4.42 Å². The van der Waals surface area contributed by atoms with E-state index in [9.17, 15) is 0 Å². The van der Waals surface area contributed by atoms with Crippen LogP contribution in [0.4, 0.5) is 17.2 Å². The molecule has 6 aromatic carbocycles. The van der Waals surface area contributed by atoms with E-state index in [1.54, 1.807) is 0 Å². The van der Waals surface area contributed by atoms with E-state index >= 15 is 0 Å². The maximum absolute atomic E-state index is 6.05. The molecule has 0 fully saturated rings. The number of para-hydroxylation sites is 4. The van der Waals surface area contributed by atoms with Crippen LogP contribution in [-0.2, 0) is 0 Å². The molecule has 9 rings (SSSR count). The molecular formula is C41H27N3O. The van der Waals surface area contributed by atoms with Gasteiger partial charge in [0.1, 0.15) is 11.4 Å². The summed E-state index contributed by atoms with van der Waals surface area (Å²) >= 11 is 0. The first-order valence-electron chi connectivity index (χ1n) is 15.1. The van der Waals surface area contributed by atoms with E-state index < -0.39 is 0 Å². The summed E-state index contributed by atoms with van der Waals surface area (Å²) in [4.78, 5) is 7.03. The minimum atomic E-state index is 0.785. The third kappa shape index (κ3) is 4.19. The smallest absolute Gasteiger partial charge is 0.153 e. The van der Waals surface area contributed by atoms with E-state index in [1.807, 2.05) is 30.5 Å². The van der Waals surface area contributed by atoms with Gasteiger partial charge in [0.15, 0.2) is 5.58 Å². The first kappa shape index (κ1) is 25.4. The molecule has 0 bridgehead atoms. The standard InChI is InChI=1S/C41H27N3O/c1-2-10-30(11-3-1)43(41-26-36-35-14-6-9-17-39(35)45-40(36)27-42-41)31-22-18-28(19-23-31)29-20-24-32(25-21-29)44-37-15-7-4-12-33(37)34-13-5-8-16-38(34)44/h1-27H. The molecule has 0 saturated heterocycles. The topological polar surface area (TPSA) is 34.2 Å². The van der Waals surface area contributed by atoms with Crippen LogP contribution >= 0.6 is 0 Å².